The lowest BCUT2D eigenvalue weighted by Gasteiger charge is -2.44. The minimum Gasteiger partial charge on any atom is -0.508 e. The average Bonchev–Trinajstić information content (AvgIpc) is 1.34. The molecule has 5 aliphatic rings. The highest BCUT2D eigenvalue weighted by Crippen LogP contribution is 2.59. The van der Waals surface area contributed by atoms with Gasteiger partial charge in [-0.15, -0.1) is 0 Å². The van der Waals surface area contributed by atoms with Gasteiger partial charge in [-0.25, -0.2) is 4.79 Å². The van der Waals surface area contributed by atoms with Gasteiger partial charge in [0.05, 0.1) is 77.7 Å². The summed E-state index contributed by atoms with van der Waals surface area (Å²) in [5.74, 6) is -0.193. The van der Waals surface area contributed by atoms with Crippen molar-refractivity contribution in [1.82, 2.24) is 21.3 Å². The Morgan fingerprint density at radius 2 is 1.34 bits per heavy atom. The third-order valence-corrected chi connectivity index (χ3v) is 17.1. The van der Waals surface area contributed by atoms with Gasteiger partial charge in [0.25, 0.3) is 0 Å². The second-order valence-corrected chi connectivity index (χ2v) is 23.3. The first-order valence-electron chi connectivity index (χ1n) is 30.7. The van der Waals surface area contributed by atoms with Gasteiger partial charge in [-0.3, -0.25) is 19.2 Å². The third kappa shape index (κ3) is 20.3. The number of hydrogen-bond donors (Lipinski definition) is 8. The van der Waals surface area contributed by atoms with E-state index in [4.69, 9.17) is 40.3 Å². The van der Waals surface area contributed by atoms with E-state index in [2.05, 4.69) is 59.2 Å². The number of hydrogen-bond acceptors (Lipinski definition) is 14. The molecule has 2 aromatic rings. The molecule has 0 radical (unpaired) electrons. The standard InChI is InChI=1S/C66H89N5O14S/c1-44-11-15-49(72)40-47(44)13-12-46-10-9-25-66(3)56(21-22-57(46)66)45(2)63(77)69-28-8-7-27-68-61(76)24-31-81-33-35-83-37-39-84-38-36-82-34-32-80-30-23-60(75)67-26-5-4-6-29-70-65(86)71-48-14-18-52(55(41-48)64(78)79)62-53-19-16-50(73)42-58(53)85-59-43-51(74)17-20-54(59)62/h12-14,16-20,41-43,45,49,56-57,72-73H,1,4-11,15,21-40H2,2-3H3,(H,67,75)(H,68,76)(H,69,77)(H,78,79)(H2,70,71,86)/b46-12+,47-13-/t45-,49-,56+,57-,66?/m0/s1. The van der Waals surface area contributed by atoms with Crippen LogP contribution in [0.2, 0.25) is 0 Å². The van der Waals surface area contributed by atoms with E-state index in [0.717, 1.165) is 82.6 Å². The maximum atomic E-state index is 13.3. The highest BCUT2D eigenvalue weighted by Gasteiger charge is 2.52. The first-order valence-corrected chi connectivity index (χ1v) is 31.1. The van der Waals surface area contributed by atoms with Crippen molar-refractivity contribution in [3.63, 3.8) is 0 Å². The molecule has 0 saturated heterocycles. The Labute approximate surface area is 510 Å². The highest BCUT2D eigenvalue weighted by molar-refractivity contribution is 7.80. The monoisotopic (exact) mass is 1210 g/mol. The normalized spacial score (nSPS) is 19.8. The van der Waals surface area contributed by atoms with Crippen molar-refractivity contribution in [2.24, 2.45) is 23.2 Å². The molecule has 4 aliphatic carbocycles. The molecule has 7 rings (SSSR count). The fourth-order valence-electron chi connectivity index (χ4n) is 12.2. The fraction of sp³-hybridized carbons (Fsp3) is 0.545. The Hall–Kier alpha value is -6.52. The number of phenolic OH excluding ortho intramolecular Hbond substituents is 1. The Bertz CT molecular complexity index is 3020. The van der Waals surface area contributed by atoms with E-state index < -0.39 is 5.97 Å². The number of benzene rings is 3. The number of allylic oxidation sites excluding steroid dienone is 4. The molecule has 5 atom stereocenters. The van der Waals surface area contributed by atoms with E-state index in [0.29, 0.717) is 142 Å². The average molecular weight is 1210 g/mol. The van der Waals surface area contributed by atoms with E-state index in [1.165, 1.54) is 41.5 Å². The number of rotatable bonds is 35. The topological polar surface area (TPSA) is 265 Å². The Morgan fingerprint density at radius 3 is 1.99 bits per heavy atom. The molecule has 3 fully saturated rings. The van der Waals surface area contributed by atoms with Gasteiger partial charge in [0.15, 0.2) is 10.5 Å². The van der Waals surface area contributed by atoms with Gasteiger partial charge in [0.1, 0.15) is 17.1 Å². The predicted octanol–water partition coefficient (Wildman–Crippen LogP) is 9.22. The van der Waals surface area contributed by atoms with Crippen molar-refractivity contribution in [2.75, 3.05) is 97.6 Å². The van der Waals surface area contributed by atoms with Crippen molar-refractivity contribution in [2.45, 2.75) is 116 Å². The number of thiocarbonyl (C=S) groups is 1. The fourth-order valence-corrected chi connectivity index (χ4v) is 12.4. The van der Waals surface area contributed by atoms with Gasteiger partial charge in [-0.2, -0.15) is 0 Å². The number of aliphatic hydroxyl groups excluding tert-OH is 1. The predicted molar refractivity (Wildman–Crippen MR) is 335 cm³/mol. The minimum atomic E-state index is -1.16. The second kappa shape index (κ2) is 34.7. The van der Waals surface area contributed by atoms with E-state index in [1.807, 2.05) is 0 Å². The number of fused-ring (bicyclic) bond motifs is 3. The van der Waals surface area contributed by atoms with Crippen LogP contribution in [-0.2, 0) is 38.1 Å². The van der Waals surface area contributed by atoms with Gasteiger partial charge >= 0.3 is 5.97 Å². The molecule has 2 aromatic carbocycles. The molecule has 3 saturated carbocycles. The summed E-state index contributed by atoms with van der Waals surface area (Å²) >= 11 is 5.48. The van der Waals surface area contributed by atoms with Crippen molar-refractivity contribution in [3.05, 3.63) is 106 Å². The molecule has 1 unspecified atom stereocenters. The van der Waals surface area contributed by atoms with Gasteiger partial charge in [0.2, 0.25) is 17.7 Å². The molecule has 3 amide bonds. The third-order valence-electron chi connectivity index (χ3n) is 16.8. The van der Waals surface area contributed by atoms with Crippen LogP contribution in [0.4, 0.5) is 5.69 Å². The molecule has 0 aromatic heterocycles. The van der Waals surface area contributed by atoms with Gasteiger partial charge in [-0.05, 0) is 160 Å². The maximum absolute atomic E-state index is 13.3. The van der Waals surface area contributed by atoms with Crippen LogP contribution < -0.4 is 32.0 Å². The van der Waals surface area contributed by atoms with Gasteiger partial charge < -0.3 is 70.0 Å². The van der Waals surface area contributed by atoms with Crippen LogP contribution in [0.3, 0.4) is 0 Å². The zero-order chi connectivity index (χ0) is 61.3. The number of aromatic hydroxyl groups is 1. The first-order chi connectivity index (χ1) is 41.6. The summed E-state index contributed by atoms with van der Waals surface area (Å²) in [6.07, 6.45) is 16.6. The largest absolute Gasteiger partial charge is 0.508 e. The number of unbranched alkanes of at least 4 members (excludes halogenated alkanes) is 3. The summed E-state index contributed by atoms with van der Waals surface area (Å²) in [6.45, 7) is 14.7. The Balaban J connectivity index is 0.609. The Kier molecular flexibility index (Phi) is 27.1. The number of carboxylic acids is 1. The van der Waals surface area contributed by atoms with Crippen molar-refractivity contribution < 1.29 is 62.6 Å². The lowest BCUT2D eigenvalue weighted by Crippen LogP contribution is -2.41. The maximum Gasteiger partial charge on any atom is 0.336 e. The van der Waals surface area contributed by atoms with E-state index in [-0.39, 0.29) is 77.1 Å². The van der Waals surface area contributed by atoms with Crippen LogP contribution in [0.5, 0.6) is 5.75 Å². The van der Waals surface area contributed by atoms with Crippen LogP contribution >= 0.6 is 12.2 Å². The number of carbonyl (C=O) groups is 4. The first kappa shape index (κ1) is 67.0. The summed E-state index contributed by atoms with van der Waals surface area (Å²) < 4.78 is 33.6. The van der Waals surface area contributed by atoms with Gasteiger partial charge in [-0.1, -0.05) is 49.8 Å². The van der Waals surface area contributed by atoms with Crippen molar-refractivity contribution >= 4 is 57.7 Å². The van der Waals surface area contributed by atoms with E-state index >= 15 is 0 Å². The summed E-state index contributed by atoms with van der Waals surface area (Å²) in [6, 6.07) is 13.8. The number of phenols is 1. The lowest BCUT2D eigenvalue weighted by atomic mass is 9.61. The number of carboxylic acid groups (broad SMARTS) is 1. The smallest absolute Gasteiger partial charge is 0.336 e. The van der Waals surface area contributed by atoms with Crippen LogP contribution in [0.15, 0.2) is 99.3 Å². The molecule has 19 nitrogen and oxygen atoms in total. The summed E-state index contributed by atoms with van der Waals surface area (Å²) in [5.41, 5.74) is 5.93. The van der Waals surface area contributed by atoms with Crippen LogP contribution in [-0.4, -0.2) is 142 Å². The van der Waals surface area contributed by atoms with E-state index in [1.54, 1.807) is 24.3 Å². The van der Waals surface area contributed by atoms with Crippen LogP contribution in [0.1, 0.15) is 121 Å². The highest BCUT2D eigenvalue weighted by atomic mass is 32.1. The Morgan fingerprint density at radius 1 is 0.733 bits per heavy atom. The molecule has 8 N–H and O–H groups in total. The minimum absolute atomic E-state index is 0.00568. The lowest BCUT2D eigenvalue weighted by molar-refractivity contribution is -0.128. The molecule has 468 valence electrons. The number of carbonyl (C=O) groups excluding carboxylic acids is 3. The second-order valence-electron chi connectivity index (χ2n) is 22.9. The zero-order valence-corrected chi connectivity index (χ0v) is 50.9. The van der Waals surface area contributed by atoms with Gasteiger partial charge in [0, 0.05) is 79.3 Å². The van der Waals surface area contributed by atoms with Crippen molar-refractivity contribution in [3.8, 4) is 28.2 Å². The number of ether oxygens (including phenoxy) is 5. The SMILES string of the molecule is C=C1CC[C@H](O)C/C1=C/C=C1\CCCC2(C)[C@@H]([C@H](C)C(=O)NCCCCNC(=O)CCOCCOCCOCCOCCOCCC(=O)NCCCCCNC(=S)Nc3ccc(-c4c5ccc(=O)cc-5oc5cc(O)ccc45)c(C(=O)O)c3)CC[C@@H]12. The number of aromatic carboxylic acids is 1. The van der Waals surface area contributed by atoms with Crippen molar-refractivity contribution in [1.29, 1.82) is 0 Å². The number of anilines is 1. The van der Waals surface area contributed by atoms with Crippen LogP contribution in [0.25, 0.3) is 33.4 Å². The van der Waals surface area contributed by atoms with Crippen LogP contribution in [0, 0.1) is 23.2 Å². The summed E-state index contributed by atoms with van der Waals surface area (Å²) in [5, 5.41) is 46.7. The molecule has 0 bridgehead atoms. The molecule has 86 heavy (non-hydrogen) atoms. The summed E-state index contributed by atoms with van der Waals surface area (Å²) in [4.78, 5) is 62.6. The number of amides is 3. The number of nitrogens with one attached hydrogen (secondary N) is 5. The summed E-state index contributed by atoms with van der Waals surface area (Å²) in [7, 11) is 0. The molecular weight excluding hydrogens is 1120 g/mol. The molecular formula is C66H89N5O14S. The zero-order valence-electron chi connectivity index (χ0n) is 50.1. The molecule has 0 spiro atoms. The quantitative estimate of drug-likeness (QED) is 0.0121. The van der Waals surface area contributed by atoms with E-state index in [9.17, 15) is 39.3 Å². The molecule has 20 heteroatoms. The number of aliphatic hydroxyl groups is 1. The molecule has 1 aliphatic heterocycles. The molecule has 1 heterocycles.